The summed E-state index contributed by atoms with van der Waals surface area (Å²) in [4.78, 5) is 39.0. The molecule has 2 fully saturated rings. The minimum atomic E-state index is -2.80. The lowest BCUT2D eigenvalue weighted by Gasteiger charge is -2.29. The number of nitrogens with zero attached hydrogens (tertiary/aromatic N) is 10. The van der Waals surface area contributed by atoms with E-state index in [1.165, 1.54) is 23.0 Å². The predicted molar refractivity (Wildman–Crippen MR) is 133 cm³/mol. The Morgan fingerprint density at radius 3 is 2.76 bits per heavy atom. The van der Waals surface area contributed by atoms with E-state index in [2.05, 4.69) is 45.6 Å². The van der Waals surface area contributed by atoms with E-state index in [0.29, 0.717) is 5.56 Å². The molecule has 216 valence electrons. The number of hydrogen-bond donors (Lipinski definition) is 5. The zero-order valence-corrected chi connectivity index (χ0v) is 21.0. The summed E-state index contributed by atoms with van der Waals surface area (Å²) in [5, 5.41) is 47.4. The summed E-state index contributed by atoms with van der Waals surface area (Å²) < 4.78 is 28.3. The lowest BCUT2D eigenvalue weighted by molar-refractivity contribution is -0.190. The zero-order valence-electron chi connectivity index (χ0n) is 21.0. The third kappa shape index (κ3) is 4.05. The summed E-state index contributed by atoms with van der Waals surface area (Å²) in [6.45, 7) is -0.764. The van der Waals surface area contributed by atoms with Crippen LogP contribution in [0.2, 0.25) is 0 Å². The van der Waals surface area contributed by atoms with Gasteiger partial charge < -0.3 is 35.1 Å². The molecule has 42 heavy (non-hydrogen) atoms. The number of carboxylic acids is 2. The number of imidazole rings is 1. The van der Waals surface area contributed by atoms with Gasteiger partial charge in [0.1, 0.15) is 29.9 Å². The molecule has 19 nitrogen and oxygen atoms in total. The molecule has 0 amide bonds. The number of halogens is 1. The number of nitrogen functional groups attached to an aromatic ring is 1. The second kappa shape index (κ2) is 9.66. The third-order valence-electron chi connectivity index (χ3n) is 7.23. The number of fused-ring (bicyclic) bond motifs is 2. The van der Waals surface area contributed by atoms with Crippen LogP contribution in [0.5, 0.6) is 0 Å². The smallest absolute Gasteiger partial charge is 0.348 e. The van der Waals surface area contributed by atoms with Crippen LogP contribution in [0.3, 0.4) is 0 Å². The average molecular weight is 582 g/mol. The number of alkyl halides is 1. The number of carbonyl (C=O) groups is 2. The lowest BCUT2D eigenvalue weighted by atomic mass is 9.93. The number of aliphatic carboxylic acids is 2. The third-order valence-corrected chi connectivity index (χ3v) is 7.23. The molecular formula is C22H19FN12O7. The lowest BCUT2D eigenvalue weighted by Crippen LogP contribution is -2.53. The molecule has 1 saturated heterocycles. The monoisotopic (exact) mass is 582 g/mol. The summed E-state index contributed by atoms with van der Waals surface area (Å²) in [6, 6.07) is 5.01. The van der Waals surface area contributed by atoms with Gasteiger partial charge in [-0.1, -0.05) is 18.2 Å². The first-order valence-corrected chi connectivity index (χ1v) is 12.1. The number of ether oxygens (including phenoxy) is 2. The van der Waals surface area contributed by atoms with Crippen LogP contribution in [0.4, 0.5) is 16.2 Å². The van der Waals surface area contributed by atoms with Gasteiger partial charge in [-0.15, -0.1) is 10.2 Å². The molecule has 4 heterocycles. The summed E-state index contributed by atoms with van der Waals surface area (Å²) in [5.41, 5.74) is 10.2. The molecule has 0 spiro atoms. The first-order valence-electron chi connectivity index (χ1n) is 12.1. The van der Waals surface area contributed by atoms with Gasteiger partial charge in [-0.25, -0.2) is 28.9 Å². The standard InChI is InChI=1S/C22H19FN12O7/c23-22-12(35-7-26-11-15(24)27-20(31-32-25)28-17(11)35)14(22)42-10(13(22)36)6-41-21(18(37)38,19(39)40)5-8-2-1-3-9(4-8)16-29-33-34-30-16/h1-4,7,10,12-14,36H,5-6H2,(H,37,38)(H,39,40)(H2,24,27,28)(H,29,30,33,34)/t10-,12?,13-,14+,22-/m1/s1. The molecule has 2 aliphatic rings. The van der Waals surface area contributed by atoms with Gasteiger partial charge in [0.15, 0.2) is 17.1 Å². The van der Waals surface area contributed by atoms with Gasteiger partial charge in [0.05, 0.1) is 12.9 Å². The Bertz CT molecular complexity index is 1750. The number of azide groups is 1. The fraction of sp³-hybridized carbons (Fsp3) is 0.364. The highest BCUT2D eigenvalue weighted by Crippen LogP contribution is 2.62. The van der Waals surface area contributed by atoms with Crippen molar-refractivity contribution in [2.24, 2.45) is 5.11 Å². The topological polar surface area (TPSA) is 286 Å². The molecule has 6 rings (SSSR count). The molecule has 1 saturated carbocycles. The maximum atomic E-state index is 16.0. The Morgan fingerprint density at radius 1 is 1.33 bits per heavy atom. The summed E-state index contributed by atoms with van der Waals surface area (Å²) in [5.74, 6) is -3.87. The van der Waals surface area contributed by atoms with Crippen molar-refractivity contribution < 1.29 is 38.8 Å². The van der Waals surface area contributed by atoms with Crippen LogP contribution in [0.25, 0.3) is 33.0 Å². The van der Waals surface area contributed by atoms with Crippen LogP contribution in [-0.4, -0.2) is 104 Å². The Morgan fingerprint density at radius 2 is 2.12 bits per heavy atom. The van der Waals surface area contributed by atoms with E-state index in [1.54, 1.807) is 12.1 Å². The van der Waals surface area contributed by atoms with Gasteiger partial charge in [-0.05, 0) is 27.5 Å². The molecule has 6 N–H and O–H groups in total. The minimum Gasteiger partial charge on any atom is -0.479 e. The fourth-order valence-electron chi connectivity index (χ4n) is 5.14. The first kappa shape index (κ1) is 26.9. The van der Waals surface area contributed by atoms with Gasteiger partial charge in [0.2, 0.25) is 11.8 Å². The Kier molecular flexibility index (Phi) is 6.19. The zero-order chi connectivity index (χ0) is 29.8. The van der Waals surface area contributed by atoms with Crippen LogP contribution in [0.1, 0.15) is 11.6 Å². The number of nitrogens with two attached hydrogens (primary N) is 1. The SMILES string of the molecule is [N-]=[N+]=Nc1nc(N)c2ncn(C3[C@@H]4O[C@H](COC(Cc5cccc(-c6nn[nH]n6)c5)(C(=O)O)C(=O)O)[C@@H](O)[C@]34F)c2n1. The number of benzene rings is 1. The fourth-order valence-corrected chi connectivity index (χ4v) is 5.14. The van der Waals surface area contributed by atoms with E-state index < -0.39 is 60.6 Å². The highest BCUT2D eigenvalue weighted by molar-refractivity contribution is 6.02. The number of aliphatic hydroxyl groups excluding tert-OH is 1. The summed E-state index contributed by atoms with van der Waals surface area (Å²) in [6.07, 6.45) is -3.91. The Labute approximate surface area is 231 Å². The maximum absolute atomic E-state index is 16.0. The molecule has 3 aromatic heterocycles. The van der Waals surface area contributed by atoms with Crippen molar-refractivity contribution in [2.45, 2.75) is 42.0 Å². The van der Waals surface area contributed by atoms with E-state index in [0.717, 1.165) is 0 Å². The van der Waals surface area contributed by atoms with Crippen LogP contribution in [0.15, 0.2) is 35.7 Å². The number of anilines is 1. The van der Waals surface area contributed by atoms with E-state index >= 15 is 4.39 Å². The minimum absolute atomic E-state index is 0.0312. The van der Waals surface area contributed by atoms with Crippen molar-refractivity contribution >= 4 is 34.9 Å². The molecule has 1 aromatic carbocycles. The molecular weight excluding hydrogens is 563 g/mol. The van der Waals surface area contributed by atoms with Crippen LogP contribution in [-0.2, 0) is 25.5 Å². The van der Waals surface area contributed by atoms with Gasteiger partial charge >= 0.3 is 11.9 Å². The van der Waals surface area contributed by atoms with Crippen molar-refractivity contribution in [1.82, 2.24) is 40.1 Å². The highest BCUT2D eigenvalue weighted by atomic mass is 19.1. The number of H-pyrrole nitrogens is 1. The van der Waals surface area contributed by atoms with Gasteiger partial charge in [-0.2, -0.15) is 5.21 Å². The number of nitrogens with one attached hydrogen (secondary N) is 1. The van der Waals surface area contributed by atoms with Crippen molar-refractivity contribution in [2.75, 3.05) is 12.3 Å². The van der Waals surface area contributed by atoms with E-state index in [1.807, 2.05) is 0 Å². The van der Waals surface area contributed by atoms with Crippen molar-refractivity contribution in [3.63, 3.8) is 0 Å². The number of aliphatic hydroxyl groups is 1. The molecule has 20 heteroatoms. The van der Waals surface area contributed by atoms with Crippen molar-refractivity contribution in [1.29, 1.82) is 0 Å². The first-order chi connectivity index (χ1) is 20.1. The van der Waals surface area contributed by atoms with E-state index in [-0.39, 0.29) is 34.3 Å². The number of aromatic amines is 1. The van der Waals surface area contributed by atoms with Crippen molar-refractivity contribution in [3.8, 4) is 11.4 Å². The van der Waals surface area contributed by atoms with E-state index in [9.17, 15) is 24.9 Å². The average Bonchev–Trinajstić information content (AvgIpc) is 3.42. The summed E-state index contributed by atoms with van der Waals surface area (Å²) >= 11 is 0. The predicted octanol–water partition coefficient (Wildman–Crippen LogP) is 0.0890. The highest BCUT2D eigenvalue weighted by Gasteiger charge is 2.79. The quantitative estimate of drug-likeness (QED) is 0.0717. The normalized spacial score (nSPS) is 24.7. The van der Waals surface area contributed by atoms with Gasteiger partial charge in [0, 0.05) is 16.9 Å². The van der Waals surface area contributed by atoms with Crippen LogP contribution in [0, 0.1) is 0 Å². The van der Waals surface area contributed by atoms with Crippen LogP contribution >= 0.6 is 0 Å². The molecule has 0 bridgehead atoms. The molecule has 1 unspecified atom stereocenters. The number of hydrogen-bond acceptors (Lipinski definition) is 13. The second-order valence-corrected chi connectivity index (χ2v) is 9.60. The largest absolute Gasteiger partial charge is 0.479 e. The van der Waals surface area contributed by atoms with Crippen molar-refractivity contribution in [3.05, 3.63) is 46.6 Å². The molecule has 1 aliphatic carbocycles. The van der Waals surface area contributed by atoms with Crippen LogP contribution < -0.4 is 5.73 Å². The maximum Gasteiger partial charge on any atom is 0.348 e. The second-order valence-electron chi connectivity index (χ2n) is 9.60. The number of carboxylic acid groups (broad SMARTS) is 2. The molecule has 1 aliphatic heterocycles. The van der Waals surface area contributed by atoms with Gasteiger partial charge in [-0.3, -0.25) is 0 Å². The molecule has 5 atom stereocenters. The Balaban J connectivity index is 1.21. The number of aromatic nitrogens is 8. The Hall–Kier alpha value is -5.30. The van der Waals surface area contributed by atoms with Gasteiger partial charge in [0.25, 0.3) is 5.60 Å². The number of tetrazole rings is 1. The molecule has 4 aromatic rings. The van der Waals surface area contributed by atoms with E-state index in [4.69, 9.17) is 20.7 Å². The number of rotatable bonds is 10. The summed E-state index contributed by atoms with van der Waals surface area (Å²) in [7, 11) is 0. The molecule has 0 radical (unpaired) electrons.